The van der Waals surface area contributed by atoms with Crippen LogP contribution >= 0.6 is 0 Å². The van der Waals surface area contributed by atoms with Crippen molar-refractivity contribution >= 4 is 34.6 Å². The third-order valence-electron chi connectivity index (χ3n) is 6.91. The van der Waals surface area contributed by atoms with E-state index in [0.29, 0.717) is 16.8 Å². The zero-order valence-electron chi connectivity index (χ0n) is 18.1. The number of fused-ring (bicyclic) bond motifs is 5. The zero-order chi connectivity index (χ0) is 22.8. The van der Waals surface area contributed by atoms with Crippen LogP contribution in [0, 0.1) is 11.8 Å². The monoisotopic (exact) mass is 429 g/mol. The average molecular weight is 429 g/mol. The highest BCUT2D eigenvalue weighted by Crippen LogP contribution is 2.66. The lowest BCUT2D eigenvalue weighted by Crippen LogP contribution is -2.45. The van der Waals surface area contributed by atoms with Crippen molar-refractivity contribution in [2.75, 3.05) is 4.90 Å². The number of benzene rings is 2. The van der Waals surface area contributed by atoms with Crippen LogP contribution in [-0.4, -0.2) is 34.6 Å². The highest BCUT2D eigenvalue weighted by atomic mass is 16.5. The van der Waals surface area contributed by atoms with E-state index in [1.807, 2.05) is 36.4 Å². The first kappa shape index (κ1) is 20.5. The molecule has 2 amide bonds. The Kier molecular flexibility index (Phi) is 4.37. The van der Waals surface area contributed by atoms with E-state index < -0.39 is 34.9 Å². The van der Waals surface area contributed by atoms with Crippen LogP contribution in [0.1, 0.15) is 32.8 Å². The summed E-state index contributed by atoms with van der Waals surface area (Å²) in [6, 6.07) is 18.0. The number of anilines is 1. The van der Waals surface area contributed by atoms with E-state index in [2.05, 4.69) is 0 Å². The molecule has 0 N–H and O–H groups in total. The Hall–Kier alpha value is -3.38. The van der Waals surface area contributed by atoms with Crippen molar-refractivity contribution in [1.29, 1.82) is 0 Å². The lowest BCUT2D eigenvalue weighted by molar-refractivity contribution is -0.131. The van der Waals surface area contributed by atoms with Gasteiger partial charge in [0.05, 0.1) is 17.5 Å². The Balaban J connectivity index is 1.78. The Morgan fingerprint density at radius 1 is 0.906 bits per heavy atom. The topological polar surface area (TPSA) is 80.8 Å². The molecule has 32 heavy (non-hydrogen) atoms. The van der Waals surface area contributed by atoms with Gasteiger partial charge < -0.3 is 4.74 Å². The highest BCUT2D eigenvalue weighted by Gasteiger charge is 2.77. The number of amides is 2. The van der Waals surface area contributed by atoms with Gasteiger partial charge in [0.25, 0.3) is 0 Å². The summed E-state index contributed by atoms with van der Waals surface area (Å²) in [5, 5.41) is 0. The minimum atomic E-state index is -1.37. The minimum Gasteiger partial charge on any atom is -0.357 e. The van der Waals surface area contributed by atoms with Crippen LogP contribution in [0.5, 0.6) is 0 Å². The first-order valence-electron chi connectivity index (χ1n) is 10.7. The maximum Gasteiger partial charge on any atom is 0.241 e. The standard InChI is InChI=1S/C26H23NO5/c1-15(28)14-26-20(17-10-6-4-7-11-17)19(16(2)29)25(3,32-26)21-22(26)24(31)27(23(21)30)18-12-8-5-9-13-18/h4-13,21-22H,14H2,1-3H3. The van der Waals surface area contributed by atoms with E-state index in [-0.39, 0.29) is 18.0 Å². The lowest BCUT2D eigenvalue weighted by Gasteiger charge is -2.34. The lowest BCUT2D eigenvalue weighted by atomic mass is 9.62. The molecule has 3 aliphatic rings. The molecule has 6 heteroatoms. The molecular weight excluding hydrogens is 406 g/mol. The smallest absolute Gasteiger partial charge is 0.241 e. The molecule has 3 aliphatic heterocycles. The number of hydrogen-bond acceptors (Lipinski definition) is 5. The highest BCUT2D eigenvalue weighted by molar-refractivity contribution is 6.26. The maximum atomic E-state index is 13.8. The number of hydrogen-bond donors (Lipinski definition) is 0. The fraction of sp³-hybridized carbons (Fsp3) is 0.308. The number of carbonyl (C=O) groups excluding carboxylic acids is 4. The van der Waals surface area contributed by atoms with Crippen molar-refractivity contribution in [1.82, 2.24) is 0 Å². The van der Waals surface area contributed by atoms with Crippen molar-refractivity contribution in [2.24, 2.45) is 11.8 Å². The van der Waals surface area contributed by atoms with E-state index in [4.69, 9.17) is 4.74 Å². The van der Waals surface area contributed by atoms with E-state index >= 15 is 0 Å². The third-order valence-corrected chi connectivity index (χ3v) is 6.91. The number of carbonyl (C=O) groups is 4. The molecule has 162 valence electrons. The normalized spacial score (nSPS) is 30.8. The molecule has 2 bridgehead atoms. The number of ether oxygens (including phenoxy) is 1. The van der Waals surface area contributed by atoms with Gasteiger partial charge in [-0.25, -0.2) is 4.90 Å². The molecule has 0 saturated carbocycles. The molecule has 3 heterocycles. The number of nitrogens with zero attached hydrogens (tertiary/aromatic N) is 1. The molecule has 0 aromatic heterocycles. The molecular formula is C26H23NO5. The van der Waals surface area contributed by atoms with Crippen LogP contribution in [0.3, 0.4) is 0 Å². The second kappa shape index (κ2) is 6.81. The molecule has 4 unspecified atom stereocenters. The largest absolute Gasteiger partial charge is 0.357 e. The first-order chi connectivity index (χ1) is 15.2. The molecule has 5 rings (SSSR count). The summed E-state index contributed by atoms with van der Waals surface area (Å²) in [4.78, 5) is 54.0. The van der Waals surface area contributed by atoms with Gasteiger partial charge in [-0.1, -0.05) is 48.5 Å². The Morgan fingerprint density at radius 3 is 2.03 bits per heavy atom. The van der Waals surface area contributed by atoms with Gasteiger partial charge >= 0.3 is 0 Å². The van der Waals surface area contributed by atoms with Gasteiger partial charge in [-0.05, 0) is 38.5 Å². The predicted molar refractivity (Wildman–Crippen MR) is 117 cm³/mol. The van der Waals surface area contributed by atoms with Gasteiger partial charge in [-0.3, -0.25) is 19.2 Å². The molecule has 0 spiro atoms. The van der Waals surface area contributed by atoms with Crippen LogP contribution in [0.15, 0.2) is 66.2 Å². The number of imide groups is 1. The first-order valence-corrected chi connectivity index (χ1v) is 10.7. The molecule has 2 aromatic rings. The van der Waals surface area contributed by atoms with Crippen LogP contribution in [-0.2, 0) is 23.9 Å². The second-order valence-electron chi connectivity index (χ2n) is 8.95. The summed E-state index contributed by atoms with van der Waals surface area (Å²) < 4.78 is 6.51. The Labute approximate surface area is 185 Å². The van der Waals surface area contributed by atoms with Crippen molar-refractivity contribution in [3.8, 4) is 0 Å². The second-order valence-corrected chi connectivity index (χ2v) is 8.95. The van der Waals surface area contributed by atoms with Crippen LogP contribution < -0.4 is 4.90 Å². The summed E-state index contributed by atoms with van der Waals surface area (Å²) >= 11 is 0. The average Bonchev–Trinajstić information content (AvgIpc) is 3.28. The van der Waals surface area contributed by atoms with Gasteiger partial charge in [0.15, 0.2) is 5.78 Å². The summed E-state index contributed by atoms with van der Waals surface area (Å²) in [5.41, 5.74) is -0.539. The minimum absolute atomic E-state index is 0.0909. The summed E-state index contributed by atoms with van der Waals surface area (Å²) in [6.07, 6.45) is -0.0909. The number of rotatable bonds is 5. The molecule has 6 nitrogen and oxygen atoms in total. The number of ketones is 2. The van der Waals surface area contributed by atoms with Gasteiger partial charge in [-0.2, -0.15) is 0 Å². The number of para-hydroxylation sites is 1. The molecule has 2 saturated heterocycles. The van der Waals surface area contributed by atoms with Gasteiger partial charge in [-0.15, -0.1) is 0 Å². The summed E-state index contributed by atoms with van der Waals surface area (Å²) in [7, 11) is 0. The van der Waals surface area contributed by atoms with Crippen molar-refractivity contribution in [3.63, 3.8) is 0 Å². The van der Waals surface area contributed by atoms with Gasteiger partial charge in [0, 0.05) is 17.6 Å². The van der Waals surface area contributed by atoms with Crippen molar-refractivity contribution in [3.05, 3.63) is 71.8 Å². The predicted octanol–water partition coefficient (Wildman–Crippen LogP) is 3.36. The molecule has 0 aliphatic carbocycles. The van der Waals surface area contributed by atoms with Crippen LogP contribution in [0.2, 0.25) is 0 Å². The zero-order valence-corrected chi connectivity index (χ0v) is 18.1. The molecule has 2 fully saturated rings. The van der Waals surface area contributed by atoms with E-state index in [9.17, 15) is 19.2 Å². The fourth-order valence-electron chi connectivity index (χ4n) is 6.03. The van der Waals surface area contributed by atoms with Crippen molar-refractivity contribution in [2.45, 2.75) is 38.4 Å². The fourth-order valence-corrected chi connectivity index (χ4v) is 6.03. The van der Waals surface area contributed by atoms with Gasteiger partial charge in [0.1, 0.15) is 17.0 Å². The quantitative estimate of drug-likeness (QED) is 0.681. The molecule has 2 aromatic carbocycles. The van der Waals surface area contributed by atoms with Crippen LogP contribution in [0.4, 0.5) is 5.69 Å². The van der Waals surface area contributed by atoms with Crippen molar-refractivity contribution < 1.29 is 23.9 Å². The van der Waals surface area contributed by atoms with E-state index in [0.717, 1.165) is 5.56 Å². The van der Waals surface area contributed by atoms with E-state index in [1.54, 1.807) is 31.2 Å². The van der Waals surface area contributed by atoms with E-state index in [1.165, 1.54) is 18.7 Å². The third kappa shape index (κ3) is 2.50. The Morgan fingerprint density at radius 2 is 1.47 bits per heavy atom. The number of Topliss-reactive ketones (excluding diaryl/α,β-unsaturated/α-hetero) is 2. The SMILES string of the molecule is CC(=O)CC12OC(C)(C(C(C)=O)=C1c1ccccc1)C1C(=O)N(c3ccccc3)C(=O)C12. The summed E-state index contributed by atoms with van der Waals surface area (Å²) in [5.74, 6) is -2.96. The molecule has 0 radical (unpaired) electrons. The Bertz CT molecular complexity index is 1200. The van der Waals surface area contributed by atoms with Crippen LogP contribution in [0.25, 0.3) is 5.57 Å². The van der Waals surface area contributed by atoms with Gasteiger partial charge in [0.2, 0.25) is 11.8 Å². The summed E-state index contributed by atoms with van der Waals surface area (Å²) in [6.45, 7) is 4.59. The maximum absolute atomic E-state index is 13.8. The molecule has 4 atom stereocenters.